The Morgan fingerprint density at radius 2 is 2.00 bits per heavy atom. The van der Waals surface area contributed by atoms with Crippen molar-refractivity contribution < 1.29 is 18.3 Å². The molecule has 0 radical (unpaired) electrons. The topological polar surface area (TPSA) is 44.4 Å². The molecular weight excluding hydrogens is 273 g/mol. The molecule has 0 aliphatic rings. The van der Waals surface area contributed by atoms with Crippen molar-refractivity contribution in [3.8, 4) is 11.3 Å². The van der Waals surface area contributed by atoms with Gasteiger partial charge in [-0.2, -0.15) is 0 Å². The highest BCUT2D eigenvalue weighted by Gasteiger charge is 2.18. The first-order chi connectivity index (χ1) is 10.1. The van der Waals surface area contributed by atoms with Gasteiger partial charge in [-0.15, -0.1) is 0 Å². The Morgan fingerprint density at radius 1 is 1.29 bits per heavy atom. The highest BCUT2D eigenvalue weighted by Crippen LogP contribution is 2.30. The number of rotatable bonds is 3. The first-order valence-corrected chi connectivity index (χ1v) is 6.62. The van der Waals surface area contributed by atoms with Gasteiger partial charge in [-0.1, -0.05) is 0 Å². The fourth-order valence-corrected chi connectivity index (χ4v) is 2.27. The van der Waals surface area contributed by atoms with Gasteiger partial charge in [0.1, 0.15) is 17.3 Å². The van der Waals surface area contributed by atoms with Crippen molar-refractivity contribution >= 4 is 17.1 Å². The third kappa shape index (κ3) is 2.31. The number of hydrogen-bond acceptors (Lipinski definition) is 3. The van der Waals surface area contributed by atoms with Crippen molar-refractivity contribution in [2.75, 3.05) is 6.61 Å². The number of aryl methyl sites for hydroxylation is 1. The van der Waals surface area contributed by atoms with Crippen LogP contribution in [0.25, 0.3) is 22.4 Å². The van der Waals surface area contributed by atoms with E-state index < -0.39 is 0 Å². The quantitative estimate of drug-likeness (QED) is 0.689. The fourth-order valence-electron chi connectivity index (χ4n) is 2.27. The summed E-state index contributed by atoms with van der Waals surface area (Å²) in [5.74, 6) is -0.0415. The number of furan rings is 1. The number of esters is 1. The van der Waals surface area contributed by atoms with Crippen molar-refractivity contribution in [1.82, 2.24) is 4.57 Å². The van der Waals surface area contributed by atoms with Gasteiger partial charge in [0, 0.05) is 24.7 Å². The van der Waals surface area contributed by atoms with Crippen molar-refractivity contribution in [1.29, 1.82) is 0 Å². The molecule has 0 saturated carbocycles. The second-order valence-corrected chi connectivity index (χ2v) is 4.68. The number of fused-ring (bicyclic) bond motifs is 1. The minimum atomic E-state index is -0.380. The summed E-state index contributed by atoms with van der Waals surface area (Å²) in [6, 6.07) is 9.55. The van der Waals surface area contributed by atoms with Crippen LogP contribution in [0.1, 0.15) is 17.4 Å². The smallest absolute Gasteiger partial charge is 0.355 e. The zero-order valence-electron chi connectivity index (χ0n) is 11.7. The molecular formula is C16H14FNO3. The predicted molar refractivity (Wildman–Crippen MR) is 76.5 cm³/mol. The summed E-state index contributed by atoms with van der Waals surface area (Å²) in [4.78, 5) is 11.8. The maximum absolute atomic E-state index is 12.9. The van der Waals surface area contributed by atoms with E-state index in [0.717, 1.165) is 11.1 Å². The van der Waals surface area contributed by atoms with Crippen LogP contribution in [0.2, 0.25) is 0 Å². The van der Waals surface area contributed by atoms with Gasteiger partial charge in [-0.05, 0) is 31.2 Å². The third-order valence-electron chi connectivity index (χ3n) is 3.34. The van der Waals surface area contributed by atoms with E-state index in [4.69, 9.17) is 9.15 Å². The van der Waals surface area contributed by atoms with Gasteiger partial charge >= 0.3 is 5.97 Å². The van der Waals surface area contributed by atoms with Crippen molar-refractivity contribution in [2.45, 2.75) is 6.92 Å². The molecule has 3 rings (SSSR count). The van der Waals surface area contributed by atoms with Crippen LogP contribution in [0.3, 0.4) is 0 Å². The molecule has 0 bridgehead atoms. The summed E-state index contributed by atoms with van der Waals surface area (Å²) < 4.78 is 25.4. The highest BCUT2D eigenvalue weighted by molar-refractivity contribution is 5.95. The normalized spacial score (nSPS) is 11.0. The average molecular weight is 287 g/mol. The van der Waals surface area contributed by atoms with Gasteiger partial charge < -0.3 is 13.7 Å². The zero-order valence-corrected chi connectivity index (χ0v) is 11.7. The lowest BCUT2D eigenvalue weighted by molar-refractivity contribution is 0.0515. The molecule has 3 aromatic rings. The Labute approximate surface area is 120 Å². The molecule has 0 unspecified atom stereocenters. The fraction of sp³-hybridized carbons (Fsp3) is 0.188. The number of ether oxygens (including phenoxy) is 1. The summed E-state index contributed by atoms with van der Waals surface area (Å²) in [6.45, 7) is 2.09. The van der Waals surface area contributed by atoms with Crippen molar-refractivity contribution in [2.24, 2.45) is 7.05 Å². The zero-order chi connectivity index (χ0) is 15.0. The SMILES string of the molecule is CCOC(=O)c1cc2oc(-c3ccc(F)cc3)cc2n1C. The average Bonchev–Trinajstić information content (AvgIpc) is 3.00. The molecule has 108 valence electrons. The molecule has 5 heteroatoms. The summed E-state index contributed by atoms with van der Waals surface area (Å²) in [6.07, 6.45) is 0. The van der Waals surface area contributed by atoms with Crippen LogP contribution in [-0.4, -0.2) is 17.1 Å². The number of hydrogen-bond donors (Lipinski definition) is 0. The minimum absolute atomic E-state index is 0.292. The van der Waals surface area contributed by atoms with Crippen LogP contribution in [0.5, 0.6) is 0 Å². The molecule has 0 aliphatic heterocycles. The molecule has 0 atom stereocenters. The molecule has 2 heterocycles. The van der Waals surface area contributed by atoms with Crippen molar-refractivity contribution in [3.05, 3.63) is 47.9 Å². The van der Waals surface area contributed by atoms with E-state index in [1.54, 1.807) is 36.7 Å². The largest absolute Gasteiger partial charge is 0.461 e. The standard InChI is InChI=1S/C16H14FNO3/c1-3-20-16(19)13-9-15-12(18(13)2)8-14(21-15)10-4-6-11(17)7-5-10/h4-9H,3H2,1-2H3. The number of carbonyl (C=O) groups excluding carboxylic acids is 1. The highest BCUT2D eigenvalue weighted by atomic mass is 19.1. The number of nitrogens with zero attached hydrogens (tertiary/aromatic N) is 1. The summed E-state index contributed by atoms with van der Waals surface area (Å²) >= 11 is 0. The molecule has 2 aromatic heterocycles. The van der Waals surface area contributed by atoms with E-state index in [9.17, 15) is 9.18 Å². The second kappa shape index (κ2) is 5.09. The Hall–Kier alpha value is -2.56. The lowest BCUT2D eigenvalue weighted by Gasteiger charge is -2.02. The van der Waals surface area contributed by atoms with Crippen LogP contribution in [0.4, 0.5) is 4.39 Å². The van der Waals surface area contributed by atoms with E-state index in [1.807, 2.05) is 6.07 Å². The molecule has 0 N–H and O–H groups in total. The van der Waals surface area contributed by atoms with Crippen LogP contribution >= 0.6 is 0 Å². The van der Waals surface area contributed by atoms with Gasteiger partial charge in [0.15, 0.2) is 5.58 Å². The lowest BCUT2D eigenvalue weighted by Crippen LogP contribution is -2.09. The van der Waals surface area contributed by atoms with Gasteiger partial charge in [0.25, 0.3) is 0 Å². The molecule has 21 heavy (non-hydrogen) atoms. The minimum Gasteiger partial charge on any atom is -0.461 e. The molecule has 1 aromatic carbocycles. The monoisotopic (exact) mass is 287 g/mol. The van der Waals surface area contributed by atoms with Gasteiger partial charge in [-0.3, -0.25) is 0 Å². The van der Waals surface area contributed by atoms with Gasteiger partial charge in [0.05, 0.1) is 12.1 Å². The number of aromatic nitrogens is 1. The maximum Gasteiger partial charge on any atom is 0.355 e. The lowest BCUT2D eigenvalue weighted by atomic mass is 10.2. The molecule has 0 aliphatic carbocycles. The number of carbonyl (C=O) groups is 1. The molecule has 0 saturated heterocycles. The molecule has 4 nitrogen and oxygen atoms in total. The maximum atomic E-state index is 12.9. The summed E-state index contributed by atoms with van der Waals surface area (Å²) in [5, 5.41) is 0. The Morgan fingerprint density at radius 3 is 2.62 bits per heavy atom. The van der Waals surface area contributed by atoms with Crippen LogP contribution in [0.15, 0.2) is 40.8 Å². The molecule has 0 spiro atoms. The van der Waals surface area contributed by atoms with E-state index in [-0.39, 0.29) is 11.8 Å². The van der Waals surface area contributed by atoms with Gasteiger partial charge in [-0.25, -0.2) is 9.18 Å². The third-order valence-corrected chi connectivity index (χ3v) is 3.34. The molecule has 0 amide bonds. The van der Waals surface area contributed by atoms with E-state index in [1.165, 1.54) is 12.1 Å². The summed E-state index contributed by atoms with van der Waals surface area (Å²) in [5.41, 5.74) is 2.61. The van der Waals surface area contributed by atoms with E-state index >= 15 is 0 Å². The second-order valence-electron chi connectivity index (χ2n) is 4.68. The molecule has 0 fully saturated rings. The number of benzene rings is 1. The van der Waals surface area contributed by atoms with Gasteiger partial charge in [0.2, 0.25) is 0 Å². The number of halogens is 1. The first-order valence-electron chi connectivity index (χ1n) is 6.62. The van der Waals surface area contributed by atoms with E-state index in [0.29, 0.717) is 23.6 Å². The van der Waals surface area contributed by atoms with Crippen LogP contribution < -0.4 is 0 Å². The van der Waals surface area contributed by atoms with Crippen LogP contribution in [0, 0.1) is 5.82 Å². The Bertz CT molecular complexity index is 799. The summed E-state index contributed by atoms with van der Waals surface area (Å²) in [7, 11) is 1.78. The van der Waals surface area contributed by atoms with Crippen LogP contribution in [-0.2, 0) is 11.8 Å². The first kappa shape index (κ1) is 13.4. The van der Waals surface area contributed by atoms with Crippen molar-refractivity contribution in [3.63, 3.8) is 0 Å². The Balaban J connectivity index is 2.02. The predicted octanol–water partition coefficient (Wildman–Crippen LogP) is 3.75. The van der Waals surface area contributed by atoms with E-state index in [2.05, 4.69) is 0 Å². The Kier molecular flexibility index (Phi) is 3.25.